The zero-order valence-corrected chi connectivity index (χ0v) is 17.9. The van der Waals surface area contributed by atoms with Crippen LogP contribution >= 0.6 is 0 Å². The van der Waals surface area contributed by atoms with E-state index in [1.807, 2.05) is 97.6 Å². The number of hydrogen-bond donors (Lipinski definition) is 0. The van der Waals surface area contributed by atoms with E-state index in [9.17, 15) is 0 Å². The Bertz CT molecular complexity index is 900. The molecule has 0 saturated heterocycles. The standard InChI is InChI=1S/C26H26N6/c1-5-13-27-23(9-1)19-31(20-24-10-2-6-14-28-24)17-18-32(21-25-11-3-7-15-29-25)22-26-12-4-8-16-30-26/h1-18H,19-22H2/b18-17+. The van der Waals surface area contributed by atoms with Gasteiger partial charge in [0.05, 0.1) is 49.0 Å². The van der Waals surface area contributed by atoms with Crippen molar-refractivity contribution in [3.05, 3.63) is 133 Å². The van der Waals surface area contributed by atoms with Crippen LogP contribution in [0, 0.1) is 0 Å². The van der Waals surface area contributed by atoms with Gasteiger partial charge in [-0.05, 0) is 48.5 Å². The summed E-state index contributed by atoms with van der Waals surface area (Å²) in [4.78, 5) is 22.4. The summed E-state index contributed by atoms with van der Waals surface area (Å²) < 4.78 is 0. The van der Waals surface area contributed by atoms with Gasteiger partial charge in [-0.15, -0.1) is 0 Å². The minimum Gasteiger partial charge on any atom is -0.364 e. The summed E-state index contributed by atoms with van der Waals surface area (Å²) in [7, 11) is 0. The first-order valence-electron chi connectivity index (χ1n) is 10.6. The summed E-state index contributed by atoms with van der Waals surface area (Å²) in [5.41, 5.74) is 4.03. The molecule has 160 valence electrons. The fourth-order valence-corrected chi connectivity index (χ4v) is 3.31. The SMILES string of the molecule is C(=C\N(Cc1ccccn1)Cc1ccccn1)/N(Cc1ccccn1)Cc1ccccn1. The fraction of sp³-hybridized carbons (Fsp3) is 0.154. The van der Waals surface area contributed by atoms with E-state index >= 15 is 0 Å². The monoisotopic (exact) mass is 422 g/mol. The van der Waals surface area contributed by atoms with Crippen LogP contribution in [0.1, 0.15) is 22.8 Å². The van der Waals surface area contributed by atoms with Crippen LogP contribution in [0.5, 0.6) is 0 Å². The van der Waals surface area contributed by atoms with E-state index in [-0.39, 0.29) is 0 Å². The molecule has 0 unspecified atom stereocenters. The molecule has 4 aromatic rings. The number of nitrogens with zero attached hydrogens (tertiary/aromatic N) is 6. The number of rotatable bonds is 10. The van der Waals surface area contributed by atoms with Crippen LogP contribution in [0.3, 0.4) is 0 Å². The molecule has 0 amide bonds. The number of pyridine rings is 4. The minimum absolute atomic E-state index is 0.689. The van der Waals surface area contributed by atoms with Crippen LogP contribution in [0.15, 0.2) is 110 Å². The van der Waals surface area contributed by atoms with Crippen LogP contribution in [0.25, 0.3) is 0 Å². The van der Waals surface area contributed by atoms with Gasteiger partial charge >= 0.3 is 0 Å². The molecule has 0 aromatic carbocycles. The van der Waals surface area contributed by atoms with Crippen molar-refractivity contribution in [2.45, 2.75) is 26.2 Å². The fourth-order valence-electron chi connectivity index (χ4n) is 3.31. The second-order valence-corrected chi connectivity index (χ2v) is 7.39. The third-order valence-electron chi connectivity index (χ3n) is 4.85. The molecule has 0 atom stereocenters. The Balaban J connectivity index is 1.54. The lowest BCUT2D eigenvalue weighted by atomic mass is 10.3. The molecule has 6 heteroatoms. The van der Waals surface area contributed by atoms with Gasteiger partial charge < -0.3 is 9.80 Å². The molecule has 0 radical (unpaired) electrons. The summed E-state index contributed by atoms with van der Waals surface area (Å²) in [5.74, 6) is 0. The molecule has 0 aliphatic rings. The van der Waals surface area contributed by atoms with Crippen LogP contribution in [-0.2, 0) is 26.2 Å². The summed E-state index contributed by atoms with van der Waals surface area (Å²) in [6.45, 7) is 2.76. The predicted molar refractivity (Wildman–Crippen MR) is 125 cm³/mol. The first kappa shape index (κ1) is 21.2. The molecule has 0 aliphatic heterocycles. The van der Waals surface area contributed by atoms with Gasteiger partial charge in [-0.1, -0.05) is 24.3 Å². The Hall–Kier alpha value is -4.06. The molecular formula is C26H26N6. The van der Waals surface area contributed by atoms with Crippen LogP contribution in [0.4, 0.5) is 0 Å². The van der Waals surface area contributed by atoms with Gasteiger partial charge in [0.25, 0.3) is 0 Å². The second-order valence-electron chi connectivity index (χ2n) is 7.39. The van der Waals surface area contributed by atoms with Crippen LogP contribution in [0.2, 0.25) is 0 Å². The maximum atomic E-state index is 4.49. The molecule has 6 nitrogen and oxygen atoms in total. The van der Waals surface area contributed by atoms with Crippen LogP contribution < -0.4 is 0 Å². The topological polar surface area (TPSA) is 58.0 Å². The zero-order valence-electron chi connectivity index (χ0n) is 17.9. The first-order valence-corrected chi connectivity index (χ1v) is 10.6. The minimum atomic E-state index is 0.689. The van der Waals surface area contributed by atoms with E-state index in [1.54, 1.807) is 0 Å². The highest BCUT2D eigenvalue weighted by atomic mass is 15.2. The average molecular weight is 423 g/mol. The van der Waals surface area contributed by atoms with Gasteiger partial charge in [-0.25, -0.2) is 0 Å². The van der Waals surface area contributed by atoms with Gasteiger partial charge in [0.2, 0.25) is 0 Å². The van der Waals surface area contributed by atoms with Crippen molar-refractivity contribution in [2.24, 2.45) is 0 Å². The molecule has 0 N–H and O–H groups in total. The van der Waals surface area contributed by atoms with Crippen molar-refractivity contribution < 1.29 is 0 Å². The van der Waals surface area contributed by atoms with Crippen molar-refractivity contribution in [3.8, 4) is 0 Å². The lowest BCUT2D eigenvalue weighted by molar-refractivity contribution is 0.316. The maximum absolute atomic E-state index is 4.49. The molecule has 4 heterocycles. The van der Waals surface area contributed by atoms with E-state index in [1.165, 1.54) is 0 Å². The highest BCUT2D eigenvalue weighted by Gasteiger charge is 2.08. The van der Waals surface area contributed by atoms with Gasteiger partial charge in [-0.3, -0.25) is 19.9 Å². The molecule has 0 aliphatic carbocycles. The zero-order chi connectivity index (χ0) is 21.8. The van der Waals surface area contributed by atoms with Crippen molar-refractivity contribution in [1.29, 1.82) is 0 Å². The Labute approximate surface area is 189 Å². The van der Waals surface area contributed by atoms with Crippen molar-refractivity contribution >= 4 is 0 Å². The molecule has 32 heavy (non-hydrogen) atoms. The van der Waals surface area contributed by atoms with E-state index in [2.05, 4.69) is 42.1 Å². The molecule has 0 saturated carbocycles. The van der Waals surface area contributed by atoms with Gasteiger partial charge in [0, 0.05) is 37.2 Å². The lowest BCUT2D eigenvalue weighted by Crippen LogP contribution is -2.22. The highest BCUT2D eigenvalue weighted by Crippen LogP contribution is 2.11. The summed E-state index contributed by atoms with van der Waals surface area (Å²) in [6.07, 6.45) is 11.5. The number of aromatic nitrogens is 4. The average Bonchev–Trinajstić information content (AvgIpc) is 2.85. The molecule has 4 rings (SSSR count). The van der Waals surface area contributed by atoms with E-state index in [0.717, 1.165) is 22.8 Å². The Morgan fingerprint density at radius 3 is 0.938 bits per heavy atom. The predicted octanol–water partition coefficient (Wildman–Crippen LogP) is 4.44. The quantitative estimate of drug-likeness (QED) is 0.377. The Morgan fingerprint density at radius 2 is 0.719 bits per heavy atom. The smallest absolute Gasteiger partial charge is 0.0601 e. The highest BCUT2D eigenvalue weighted by molar-refractivity contribution is 5.10. The molecule has 0 spiro atoms. The second kappa shape index (κ2) is 11.4. The van der Waals surface area contributed by atoms with Crippen LogP contribution in [-0.4, -0.2) is 29.7 Å². The molecular weight excluding hydrogens is 396 g/mol. The first-order chi connectivity index (χ1) is 15.8. The Morgan fingerprint density at radius 1 is 0.438 bits per heavy atom. The van der Waals surface area contributed by atoms with Crippen molar-refractivity contribution in [2.75, 3.05) is 0 Å². The third kappa shape index (κ3) is 6.74. The van der Waals surface area contributed by atoms with E-state index in [0.29, 0.717) is 26.2 Å². The van der Waals surface area contributed by atoms with E-state index in [4.69, 9.17) is 0 Å². The van der Waals surface area contributed by atoms with E-state index < -0.39 is 0 Å². The maximum Gasteiger partial charge on any atom is 0.0601 e. The van der Waals surface area contributed by atoms with Crippen molar-refractivity contribution in [1.82, 2.24) is 29.7 Å². The molecule has 0 fully saturated rings. The Kier molecular flexibility index (Phi) is 7.52. The van der Waals surface area contributed by atoms with Gasteiger partial charge in [0.1, 0.15) is 0 Å². The summed E-state index contributed by atoms with van der Waals surface area (Å²) in [5, 5.41) is 0. The number of hydrogen-bond acceptors (Lipinski definition) is 6. The largest absolute Gasteiger partial charge is 0.364 e. The normalized spacial score (nSPS) is 10.9. The third-order valence-corrected chi connectivity index (χ3v) is 4.85. The summed E-state index contributed by atoms with van der Waals surface area (Å²) in [6, 6.07) is 24.0. The molecule has 0 bridgehead atoms. The summed E-state index contributed by atoms with van der Waals surface area (Å²) >= 11 is 0. The molecule has 4 aromatic heterocycles. The van der Waals surface area contributed by atoms with Gasteiger partial charge in [-0.2, -0.15) is 0 Å². The van der Waals surface area contributed by atoms with Gasteiger partial charge in [0.15, 0.2) is 0 Å². The lowest BCUT2D eigenvalue weighted by Gasteiger charge is -2.24. The van der Waals surface area contributed by atoms with Crippen molar-refractivity contribution in [3.63, 3.8) is 0 Å².